The molecule has 5 nitrogen and oxygen atoms in total. The minimum absolute atomic E-state index is 0.0967. The van der Waals surface area contributed by atoms with E-state index in [2.05, 4.69) is 0 Å². The second-order valence-electron chi connectivity index (χ2n) is 4.54. The Balaban J connectivity index is 2.07. The summed E-state index contributed by atoms with van der Waals surface area (Å²) in [5.41, 5.74) is 0.654. The van der Waals surface area contributed by atoms with Gasteiger partial charge in [-0.2, -0.15) is 5.26 Å². The highest BCUT2D eigenvalue weighted by Gasteiger charge is 2.07. The van der Waals surface area contributed by atoms with Gasteiger partial charge in [0.2, 0.25) is 0 Å². The molecule has 0 atom stereocenters. The van der Waals surface area contributed by atoms with Crippen LogP contribution in [-0.2, 0) is 4.79 Å². The van der Waals surface area contributed by atoms with Crippen LogP contribution in [0.5, 0.6) is 17.2 Å². The highest BCUT2D eigenvalue weighted by molar-refractivity contribution is 5.88. The van der Waals surface area contributed by atoms with Crippen LogP contribution in [-0.4, -0.2) is 19.7 Å². The first-order valence-corrected chi connectivity index (χ1v) is 6.96. The third-order valence-corrected chi connectivity index (χ3v) is 2.94. The SMILES string of the molecule is COc1cc(/C=C/C(=O)Oc2ccccc2F)ccc1OCC#N. The number of nitrogens with zero attached hydrogens (tertiary/aromatic N) is 1. The van der Waals surface area contributed by atoms with E-state index in [9.17, 15) is 9.18 Å². The molecule has 2 rings (SSSR count). The number of carbonyl (C=O) groups is 1. The molecule has 0 unspecified atom stereocenters. The molecule has 2 aromatic carbocycles. The van der Waals surface area contributed by atoms with Crippen molar-refractivity contribution in [3.63, 3.8) is 0 Å². The molecule has 0 aliphatic rings. The Morgan fingerprint density at radius 2 is 2.00 bits per heavy atom. The molecule has 0 fully saturated rings. The number of methoxy groups -OCH3 is 1. The Morgan fingerprint density at radius 3 is 2.71 bits per heavy atom. The number of esters is 1. The van der Waals surface area contributed by atoms with Crippen LogP contribution in [0.4, 0.5) is 4.39 Å². The molecule has 0 aliphatic heterocycles. The summed E-state index contributed by atoms with van der Waals surface area (Å²) in [6.45, 7) is -0.0967. The van der Waals surface area contributed by atoms with Gasteiger partial charge in [0.15, 0.2) is 29.7 Å². The van der Waals surface area contributed by atoms with Gasteiger partial charge in [-0.05, 0) is 35.9 Å². The van der Waals surface area contributed by atoms with Gasteiger partial charge in [0.05, 0.1) is 7.11 Å². The van der Waals surface area contributed by atoms with Gasteiger partial charge in [0.1, 0.15) is 6.07 Å². The smallest absolute Gasteiger partial charge is 0.336 e. The van der Waals surface area contributed by atoms with Gasteiger partial charge in [0.25, 0.3) is 0 Å². The molecule has 0 amide bonds. The molecule has 24 heavy (non-hydrogen) atoms. The van der Waals surface area contributed by atoms with Crippen molar-refractivity contribution in [2.45, 2.75) is 0 Å². The summed E-state index contributed by atoms with van der Waals surface area (Å²) in [5, 5.41) is 8.53. The molecular formula is C18H14FNO4. The fourth-order valence-electron chi connectivity index (χ4n) is 1.85. The first-order chi connectivity index (χ1) is 11.6. The normalized spacial score (nSPS) is 10.2. The molecule has 0 radical (unpaired) electrons. The van der Waals surface area contributed by atoms with E-state index in [0.29, 0.717) is 17.1 Å². The van der Waals surface area contributed by atoms with Gasteiger partial charge in [-0.25, -0.2) is 9.18 Å². The summed E-state index contributed by atoms with van der Waals surface area (Å²) in [7, 11) is 1.47. The molecule has 0 bridgehead atoms. The average molecular weight is 327 g/mol. The molecular weight excluding hydrogens is 313 g/mol. The van der Waals surface area contributed by atoms with Crippen LogP contribution in [0.15, 0.2) is 48.5 Å². The van der Waals surface area contributed by atoms with Crippen molar-refractivity contribution in [1.82, 2.24) is 0 Å². The number of hydrogen-bond acceptors (Lipinski definition) is 5. The largest absolute Gasteiger partial charge is 0.493 e. The second-order valence-corrected chi connectivity index (χ2v) is 4.54. The summed E-state index contributed by atoms with van der Waals surface area (Å²) in [4.78, 5) is 11.7. The monoisotopic (exact) mass is 327 g/mol. The molecule has 0 spiro atoms. The van der Waals surface area contributed by atoms with Crippen LogP contribution in [0, 0.1) is 17.1 Å². The maximum atomic E-state index is 13.4. The molecule has 0 aromatic heterocycles. The highest BCUT2D eigenvalue weighted by atomic mass is 19.1. The van der Waals surface area contributed by atoms with Gasteiger partial charge >= 0.3 is 5.97 Å². The number of ether oxygens (including phenoxy) is 3. The van der Waals surface area contributed by atoms with E-state index >= 15 is 0 Å². The molecule has 122 valence electrons. The first kappa shape index (κ1) is 17.0. The lowest BCUT2D eigenvalue weighted by molar-refractivity contribution is -0.129. The van der Waals surface area contributed by atoms with Crippen molar-refractivity contribution in [2.75, 3.05) is 13.7 Å². The van der Waals surface area contributed by atoms with E-state index in [1.165, 1.54) is 37.5 Å². The zero-order chi connectivity index (χ0) is 17.4. The Bertz CT molecular complexity index is 796. The van der Waals surface area contributed by atoms with Crippen LogP contribution in [0.25, 0.3) is 6.08 Å². The number of benzene rings is 2. The number of para-hydroxylation sites is 1. The maximum absolute atomic E-state index is 13.4. The zero-order valence-electron chi connectivity index (χ0n) is 12.9. The standard InChI is InChI=1S/C18H14FNO4/c1-22-17-12-13(6-8-16(17)23-11-10-20)7-9-18(21)24-15-5-3-2-4-14(15)19/h2-9,12H,11H2,1H3/b9-7+. The molecule has 0 saturated heterocycles. The number of carbonyl (C=O) groups excluding carboxylic acids is 1. The molecule has 0 aliphatic carbocycles. The van der Waals surface area contributed by atoms with E-state index in [1.807, 2.05) is 6.07 Å². The van der Waals surface area contributed by atoms with Crippen molar-refractivity contribution in [3.05, 3.63) is 59.9 Å². The van der Waals surface area contributed by atoms with Crippen molar-refractivity contribution < 1.29 is 23.4 Å². The van der Waals surface area contributed by atoms with Crippen molar-refractivity contribution in [2.24, 2.45) is 0 Å². The molecule has 0 saturated carbocycles. The minimum Gasteiger partial charge on any atom is -0.493 e. The number of hydrogen-bond donors (Lipinski definition) is 0. The summed E-state index contributed by atoms with van der Waals surface area (Å²) in [6.07, 6.45) is 2.68. The van der Waals surface area contributed by atoms with Crippen LogP contribution < -0.4 is 14.2 Å². The topological polar surface area (TPSA) is 68.6 Å². The fraction of sp³-hybridized carbons (Fsp3) is 0.111. The Hall–Kier alpha value is -3.33. The predicted octanol–water partition coefficient (Wildman–Crippen LogP) is 3.36. The molecule has 6 heteroatoms. The first-order valence-electron chi connectivity index (χ1n) is 6.96. The van der Waals surface area contributed by atoms with Crippen LogP contribution in [0.3, 0.4) is 0 Å². The zero-order valence-corrected chi connectivity index (χ0v) is 12.9. The quantitative estimate of drug-likeness (QED) is 0.462. The summed E-state index contributed by atoms with van der Waals surface area (Å²) < 4.78 is 28.7. The number of nitriles is 1. The van der Waals surface area contributed by atoms with Gasteiger partial charge in [-0.1, -0.05) is 18.2 Å². The fourth-order valence-corrected chi connectivity index (χ4v) is 1.85. The Labute approximate surface area is 138 Å². The average Bonchev–Trinajstić information content (AvgIpc) is 2.60. The number of rotatable bonds is 6. The summed E-state index contributed by atoms with van der Waals surface area (Å²) in [5.74, 6) is -0.603. The van der Waals surface area contributed by atoms with E-state index < -0.39 is 11.8 Å². The predicted molar refractivity (Wildman–Crippen MR) is 85.2 cm³/mol. The number of halogens is 1. The van der Waals surface area contributed by atoms with Crippen molar-refractivity contribution in [1.29, 1.82) is 5.26 Å². The lowest BCUT2D eigenvalue weighted by atomic mass is 10.2. The summed E-state index contributed by atoms with van der Waals surface area (Å²) >= 11 is 0. The van der Waals surface area contributed by atoms with E-state index in [1.54, 1.807) is 24.3 Å². The molecule has 0 N–H and O–H groups in total. The molecule has 0 heterocycles. The maximum Gasteiger partial charge on any atom is 0.336 e. The molecule has 2 aromatic rings. The third kappa shape index (κ3) is 4.58. The van der Waals surface area contributed by atoms with Gasteiger partial charge < -0.3 is 14.2 Å². The second kappa shape index (κ2) is 8.34. The Morgan fingerprint density at radius 1 is 1.21 bits per heavy atom. The highest BCUT2D eigenvalue weighted by Crippen LogP contribution is 2.28. The third-order valence-electron chi connectivity index (χ3n) is 2.94. The van der Waals surface area contributed by atoms with Crippen LogP contribution in [0.2, 0.25) is 0 Å². The minimum atomic E-state index is -0.705. The van der Waals surface area contributed by atoms with Crippen molar-refractivity contribution in [3.8, 4) is 23.3 Å². The lowest BCUT2D eigenvalue weighted by Crippen LogP contribution is -2.05. The van der Waals surface area contributed by atoms with Crippen LogP contribution >= 0.6 is 0 Å². The van der Waals surface area contributed by atoms with Gasteiger partial charge in [-0.15, -0.1) is 0 Å². The van der Waals surface area contributed by atoms with E-state index in [4.69, 9.17) is 19.5 Å². The van der Waals surface area contributed by atoms with Gasteiger partial charge in [0, 0.05) is 6.08 Å². The summed E-state index contributed by atoms with van der Waals surface area (Å²) in [6, 6.07) is 12.5. The Kier molecular flexibility index (Phi) is 5.92. The van der Waals surface area contributed by atoms with Crippen LogP contribution in [0.1, 0.15) is 5.56 Å². The van der Waals surface area contributed by atoms with Crippen molar-refractivity contribution >= 4 is 12.0 Å². The lowest BCUT2D eigenvalue weighted by Gasteiger charge is -2.08. The van der Waals surface area contributed by atoms with E-state index in [-0.39, 0.29) is 12.4 Å². The van der Waals surface area contributed by atoms with Gasteiger partial charge in [-0.3, -0.25) is 0 Å². The van der Waals surface area contributed by atoms with E-state index in [0.717, 1.165) is 0 Å².